The predicted octanol–water partition coefficient (Wildman–Crippen LogP) is 2.48. The molecule has 0 saturated heterocycles. The van der Waals surface area contributed by atoms with E-state index in [1.165, 1.54) is 6.07 Å². The summed E-state index contributed by atoms with van der Waals surface area (Å²) in [4.78, 5) is 34.6. The Bertz CT molecular complexity index is 753. The third-order valence-corrected chi connectivity index (χ3v) is 2.92. The Morgan fingerprint density at radius 2 is 2.00 bits per heavy atom. The fourth-order valence-electron chi connectivity index (χ4n) is 1.78. The third-order valence-electron chi connectivity index (χ3n) is 2.69. The van der Waals surface area contributed by atoms with Gasteiger partial charge in [0.2, 0.25) is 5.76 Å². The average molecular weight is 339 g/mol. The first-order valence-electron chi connectivity index (χ1n) is 6.81. The van der Waals surface area contributed by atoms with Crippen LogP contribution in [0.3, 0.4) is 0 Å². The highest BCUT2D eigenvalue weighted by Gasteiger charge is 2.16. The maximum absolute atomic E-state index is 11.8. The SMILES string of the molecule is CC(C)NC(=O)NC(=O)COC(=O)c1cc2cc(Cl)ccc2o1. The molecule has 7 nitrogen and oxygen atoms in total. The molecule has 0 fully saturated rings. The summed E-state index contributed by atoms with van der Waals surface area (Å²) in [6.45, 7) is 2.90. The standard InChI is InChI=1S/C15H15ClN2O5/c1-8(2)17-15(21)18-13(19)7-22-14(20)12-6-9-5-10(16)3-4-11(9)23-12/h3-6,8H,7H2,1-2H3,(H2,17,18,19,21). The van der Waals surface area contributed by atoms with Gasteiger partial charge in [-0.25, -0.2) is 9.59 Å². The van der Waals surface area contributed by atoms with Gasteiger partial charge in [-0.15, -0.1) is 0 Å². The number of furan rings is 1. The van der Waals surface area contributed by atoms with E-state index in [4.69, 9.17) is 20.8 Å². The minimum atomic E-state index is -0.809. The summed E-state index contributed by atoms with van der Waals surface area (Å²) < 4.78 is 10.1. The normalized spacial score (nSPS) is 10.6. The number of esters is 1. The van der Waals surface area contributed by atoms with Crippen LogP contribution in [0.1, 0.15) is 24.4 Å². The molecule has 1 aromatic carbocycles. The molecule has 0 bridgehead atoms. The zero-order valence-corrected chi connectivity index (χ0v) is 13.3. The summed E-state index contributed by atoms with van der Waals surface area (Å²) in [7, 11) is 0. The quantitative estimate of drug-likeness (QED) is 0.834. The highest BCUT2D eigenvalue weighted by atomic mass is 35.5. The molecule has 2 N–H and O–H groups in total. The summed E-state index contributed by atoms with van der Waals surface area (Å²) in [6.07, 6.45) is 0. The number of rotatable bonds is 4. The second-order valence-corrected chi connectivity index (χ2v) is 5.48. The number of carbonyl (C=O) groups is 3. The summed E-state index contributed by atoms with van der Waals surface area (Å²) in [5.74, 6) is -1.60. The number of nitrogens with one attached hydrogen (secondary N) is 2. The number of urea groups is 1. The van der Waals surface area contributed by atoms with Crippen molar-refractivity contribution in [1.82, 2.24) is 10.6 Å². The number of hydrogen-bond acceptors (Lipinski definition) is 5. The van der Waals surface area contributed by atoms with Crippen molar-refractivity contribution in [2.75, 3.05) is 6.61 Å². The fourth-order valence-corrected chi connectivity index (χ4v) is 1.96. The molecule has 0 aliphatic rings. The van der Waals surface area contributed by atoms with Crippen molar-refractivity contribution in [2.45, 2.75) is 19.9 Å². The molecule has 2 aromatic rings. The molecule has 3 amide bonds. The minimum Gasteiger partial charge on any atom is -0.450 e. The van der Waals surface area contributed by atoms with Crippen LogP contribution in [-0.2, 0) is 9.53 Å². The molecule has 1 heterocycles. The van der Waals surface area contributed by atoms with Crippen LogP contribution in [0.4, 0.5) is 4.79 Å². The van der Waals surface area contributed by atoms with Crippen LogP contribution in [0.15, 0.2) is 28.7 Å². The molecular weight excluding hydrogens is 324 g/mol. The van der Waals surface area contributed by atoms with Crippen molar-refractivity contribution in [3.63, 3.8) is 0 Å². The number of amides is 3. The maximum Gasteiger partial charge on any atom is 0.374 e. The number of fused-ring (bicyclic) bond motifs is 1. The first kappa shape index (κ1) is 16.8. The average Bonchev–Trinajstić information content (AvgIpc) is 2.86. The second-order valence-electron chi connectivity index (χ2n) is 5.05. The van der Waals surface area contributed by atoms with Gasteiger partial charge in [0, 0.05) is 16.5 Å². The van der Waals surface area contributed by atoms with Gasteiger partial charge in [-0.05, 0) is 38.1 Å². The van der Waals surface area contributed by atoms with Gasteiger partial charge in [0.15, 0.2) is 6.61 Å². The number of hydrogen-bond donors (Lipinski definition) is 2. The van der Waals surface area contributed by atoms with Gasteiger partial charge >= 0.3 is 12.0 Å². The Morgan fingerprint density at radius 1 is 1.26 bits per heavy atom. The lowest BCUT2D eigenvalue weighted by Crippen LogP contribution is -2.44. The molecule has 0 saturated carbocycles. The van der Waals surface area contributed by atoms with E-state index >= 15 is 0 Å². The van der Waals surface area contributed by atoms with Crippen molar-refractivity contribution in [3.8, 4) is 0 Å². The van der Waals surface area contributed by atoms with E-state index in [1.807, 2.05) is 5.32 Å². The van der Waals surface area contributed by atoms with Crippen molar-refractivity contribution in [1.29, 1.82) is 0 Å². The third kappa shape index (κ3) is 4.72. The van der Waals surface area contributed by atoms with Gasteiger partial charge in [-0.2, -0.15) is 0 Å². The predicted molar refractivity (Wildman–Crippen MR) is 83.3 cm³/mol. The van der Waals surface area contributed by atoms with Crippen LogP contribution >= 0.6 is 11.6 Å². The van der Waals surface area contributed by atoms with Crippen LogP contribution in [0.2, 0.25) is 5.02 Å². The van der Waals surface area contributed by atoms with Gasteiger partial charge in [0.25, 0.3) is 5.91 Å². The molecule has 2 rings (SSSR count). The maximum atomic E-state index is 11.8. The van der Waals surface area contributed by atoms with Gasteiger partial charge in [-0.1, -0.05) is 11.6 Å². The molecule has 0 spiro atoms. The van der Waals surface area contributed by atoms with E-state index in [2.05, 4.69) is 5.32 Å². The number of ether oxygens (including phenoxy) is 1. The Hall–Kier alpha value is -2.54. The van der Waals surface area contributed by atoms with Gasteiger partial charge in [0.1, 0.15) is 5.58 Å². The lowest BCUT2D eigenvalue weighted by atomic mass is 10.2. The zero-order chi connectivity index (χ0) is 17.0. The minimum absolute atomic E-state index is 0.0540. The molecule has 23 heavy (non-hydrogen) atoms. The number of halogens is 1. The van der Waals surface area contributed by atoms with Crippen molar-refractivity contribution in [3.05, 3.63) is 35.0 Å². The van der Waals surface area contributed by atoms with Gasteiger partial charge < -0.3 is 14.5 Å². The van der Waals surface area contributed by atoms with Crippen LogP contribution in [0.25, 0.3) is 11.0 Å². The second kappa shape index (κ2) is 7.15. The zero-order valence-electron chi connectivity index (χ0n) is 12.5. The highest BCUT2D eigenvalue weighted by molar-refractivity contribution is 6.31. The molecular formula is C15H15ClN2O5. The van der Waals surface area contributed by atoms with E-state index < -0.39 is 24.5 Å². The smallest absolute Gasteiger partial charge is 0.374 e. The monoisotopic (exact) mass is 338 g/mol. The Labute approximate surface area is 136 Å². The summed E-state index contributed by atoms with van der Waals surface area (Å²) in [5.41, 5.74) is 0.474. The van der Waals surface area contributed by atoms with E-state index in [-0.39, 0.29) is 11.8 Å². The van der Waals surface area contributed by atoms with Crippen LogP contribution in [0.5, 0.6) is 0 Å². The van der Waals surface area contributed by atoms with Crippen molar-refractivity contribution < 1.29 is 23.5 Å². The first-order chi connectivity index (χ1) is 10.8. The van der Waals surface area contributed by atoms with E-state index in [1.54, 1.807) is 32.0 Å². The Morgan fingerprint density at radius 3 is 2.70 bits per heavy atom. The fraction of sp³-hybridized carbons (Fsp3) is 0.267. The van der Waals surface area contributed by atoms with Gasteiger partial charge in [0.05, 0.1) is 0 Å². The first-order valence-corrected chi connectivity index (χ1v) is 7.19. The number of benzene rings is 1. The molecule has 0 aliphatic carbocycles. The molecule has 122 valence electrons. The van der Waals surface area contributed by atoms with Crippen LogP contribution in [0, 0.1) is 0 Å². The lowest BCUT2D eigenvalue weighted by molar-refractivity contribution is -0.123. The van der Waals surface area contributed by atoms with Gasteiger partial charge in [-0.3, -0.25) is 10.1 Å². The highest BCUT2D eigenvalue weighted by Crippen LogP contribution is 2.23. The van der Waals surface area contributed by atoms with Crippen LogP contribution < -0.4 is 10.6 Å². The molecule has 0 unspecified atom stereocenters. The largest absolute Gasteiger partial charge is 0.450 e. The van der Waals surface area contributed by atoms with E-state index in [9.17, 15) is 14.4 Å². The molecule has 8 heteroatoms. The van der Waals surface area contributed by atoms with E-state index in [0.717, 1.165) is 0 Å². The number of imide groups is 1. The summed E-state index contributed by atoms with van der Waals surface area (Å²) in [6, 6.07) is 5.58. The Balaban J connectivity index is 1.90. The molecule has 0 radical (unpaired) electrons. The lowest BCUT2D eigenvalue weighted by Gasteiger charge is -2.09. The topological polar surface area (TPSA) is 97.6 Å². The molecule has 1 aromatic heterocycles. The summed E-state index contributed by atoms with van der Waals surface area (Å²) in [5, 5.41) is 5.66. The summed E-state index contributed by atoms with van der Waals surface area (Å²) >= 11 is 5.85. The number of carbonyl (C=O) groups excluding carboxylic acids is 3. The van der Waals surface area contributed by atoms with E-state index in [0.29, 0.717) is 16.0 Å². The Kier molecular flexibility index (Phi) is 5.23. The van der Waals surface area contributed by atoms with Crippen LogP contribution in [-0.4, -0.2) is 30.6 Å². The van der Waals surface area contributed by atoms with Crippen molar-refractivity contribution >= 4 is 40.5 Å². The molecule has 0 aliphatic heterocycles. The van der Waals surface area contributed by atoms with Crippen molar-refractivity contribution in [2.24, 2.45) is 0 Å². The molecule has 0 atom stereocenters.